The number of benzene rings is 1. The van der Waals surface area contributed by atoms with E-state index in [4.69, 9.17) is 14.2 Å². The van der Waals surface area contributed by atoms with E-state index in [2.05, 4.69) is 23.5 Å². The quantitative estimate of drug-likeness (QED) is 0.462. The van der Waals surface area contributed by atoms with Crippen LogP contribution in [-0.2, 0) is 6.42 Å². The lowest BCUT2D eigenvalue weighted by atomic mass is 10.1. The molecular weight excluding hydrogens is 376 g/mol. The number of nitrogens with zero attached hydrogens (tertiary/aromatic N) is 1. The molecule has 0 aliphatic rings. The molecule has 152 valence electrons. The van der Waals surface area contributed by atoms with Gasteiger partial charge in [-0.05, 0) is 58.4 Å². The maximum Gasteiger partial charge on any atom is 0.271 e. The molecule has 0 aliphatic heterocycles. The van der Waals surface area contributed by atoms with Gasteiger partial charge < -0.3 is 14.2 Å². The molecule has 28 heavy (non-hydrogen) atoms. The van der Waals surface area contributed by atoms with Crippen LogP contribution < -0.4 is 19.6 Å². The third-order valence-corrected chi connectivity index (χ3v) is 5.20. The van der Waals surface area contributed by atoms with Crippen molar-refractivity contribution in [2.24, 2.45) is 5.10 Å². The summed E-state index contributed by atoms with van der Waals surface area (Å²) < 4.78 is 17.0. The number of hydrazone groups is 1. The summed E-state index contributed by atoms with van der Waals surface area (Å²) >= 11 is 1.68. The largest absolute Gasteiger partial charge is 0.490 e. The summed E-state index contributed by atoms with van der Waals surface area (Å²) in [6, 6.07) is 7.40. The SMILES string of the molecule is CCOc1cc(C(=O)N/N=C(\C)c2ccc(CC)s2)cc(OCC)c1OCC. The molecule has 0 spiro atoms. The molecule has 0 saturated heterocycles. The average Bonchev–Trinajstić information content (AvgIpc) is 3.18. The number of amides is 1. The van der Waals surface area contributed by atoms with Crippen LogP contribution in [0, 0.1) is 0 Å². The first-order valence-electron chi connectivity index (χ1n) is 9.54. The highest BCUT2D eigenvalue weighted by molar-refractivity contribution is 7.14. The number of nitrogens with one attached hydrogen (secondary N) is 1. The fourth-order valence-electron chi connectivity index (χ4n) is 2.54. The summed E-state index contributed by atoms with van der Waals surface area (Å²) in [5.74, 6) is 1.13. The van der Waals surface area contributed by atoms with Crippen LogP contribution in [0.5, 0.6) is 17.2 Å². The van der Waals surface area contributed by atoms with Crippen LogP contribution in [0.15, 0.2) is 29.4 Å². The molecule has 1 aromatic heterocycles. The lowest BCUT2D eigenvalue weighted by Crippen LogP contribution is -2.19. The second-order valence-electron chi connectivity index (χ2n) is 5.86. The van der Waals surface area contributed by atoms with Gasteiger partial charge in [0.25, 0.3) is 5.91 Å². The summed E-state index contributed by atoms with van der Waals surface area (Å²) in [6.45, 7) is 11.0. The first-order chi connectivity index (χ1) is 13.5. The van der Waals surface area contributed by atoms with Crippen LogP contribution in [0.2, 0.25) is 0 Å². The molecule has 7 heteroatoms. The van der Waals surface area contributed by atoms with Gasteiger partial charge in [-0.15, -0.1) is 11.3 Å². The van der Waals surface area contributed by atoms with E-state index in [0.717, 1.165) is 17.0 Å². The van der Waals surface area contributed by atoms with Crippen molar-refractivity contribution >= 4 is 23.0 Å². The van der Waals surface area contributed by atoms with E-state index in [1.54, 1.807) is 23.5 Å². The zero-order valence-corrected chi connectivity index (χ0v) is 17.9. The number of ether oxygens (including phenoxy) is 3. The second kappa shape index (κ2) is 10.7. The lowest BCUT2D eigenvalue weighted by Gasteiger charge is -2.16. The number of thiophene rings is 1. The Labute approximate surface area is 170 Å². The molecule has 2 aromatic rings. The number of rotatable bonds is 10. The zero-order valence-electron chi connectivity index (χ0n) is 17.1. The molecule has 0 bridgehead atoms. The summed E-state index contributed by atoms with van der Waals surface area (Å²) in [5.41, 5.74) is 3.78. The molecule has 0 radical (unpaired) electrons. The highest BCUT2D eigenvalue weighted by Gasteiger charge is 2.18. The van der Waals surface area contributed by atoms with Crippen molar-refractivity contribution in [3.05, 3.63) is 39.6 Å². The van der Waals surface area contributed by atoms with Crippen molar-refractivity contribution in [2.45, 2.75) is 41.0 Å². The van der Waals surface area contributed by atoms with Gasteiger partial charge in [0, 0.05) is 10.4 Å². The van der Waals surface area contributed by atoms with Gasteiger partial charge in [-0.3, -0.25) is 4.79 Å². The van der Waals surface area contributed by atoms with Gasteiger partial charge in [-0.1, -0.05) is 6.92 Å². The summed E-state index contributed by atoms with van der Waals surface area (Å²) in [4.78, 5) is 15.0. The van der Waals surface area contributed by atoms with E-state index >= 15 is 0 Å². The Hall–Kier alpha value is -2.54. The number of carbonyl (C=O) groups is 1. The Morgan fingerprint density at radius 3 is 2.11 bits per heavy atom. The van der Waals surface area contributed by atoms with E-state index in [9.17, 15) is 4.79 Å². The average molecular weight is 405 g/mol. The maximum absolute atomic E-state index is 12.7. The minimum absolute atomic E-state index is 0.337. The van der Waals surface area contributed by atoms with E-state index in [-0.39, 0.29) is 5.91 Å². The molecule has 1 amide bonds. The van der Waals surface area contributed by atoms with Gasteiger partial charge in [0.2, 0.25) is 5.75 Å². The molecule has 1 N–H and O–H groups in total. The first kappa shape index (κ1) is 21.8. The molecule has 0 saturated carbocycles. The van der Waals surface area contributed by atoms with Crippen molar-refractivity contribution in [2.75, 3.05) is 19.8 Å². The van der Waals surface area contributed by atoms with E-state index in [1.807, 2.05) is 33.8 Å². The van der Waals surface area contributed by atoms with Crippen molar-refractivity contribution in [3.8, 4) is 17.2 Å². The summed E-state index contributed by atoms with van der Waals surface area (Å²) in [7, 11) is 0. The predicted octanol–water partition coefficient (Wildman–Crippen LogP) is 4.66. The van der Waals surface area contributed by atoms with Crippen LogP contribution in [0.3, 0.4) is 0 Å². The molecule has 2 rings (SSSR count). The number of hydrogen-bond acceptors (Lipinski definition) is 6. The van der Waals surface area contributed by atoms with Crippen molar-refractivity contribution in [1.82, 2.24) is 5.43 Å². The normalized spacial score (nSPS) is 11.2. The monoisotopic (exact) mass is 404 g/mol. The fourth-order valence-corrected chi connectivity index (χ4v) is 3.43. The Bertz CT molecular complexity index is 803. The summed E-state index contributed by atoms with van der Waals surface area (Å²) in [6.07, 6.45) is 0.983. The number of carbonyl (C=O) groups excluding carboxylic acids is 1. The molecular formula is C21H28N2O4S. The van der Waals surface area contributed by atoms with Gasteiger partial charge in [-0.25, -0.2) is 5.43 Å². The molecule has 0 atom stereocenters. The molecule has 0 fully saturated rings. The second-order valence-corrected chi connectivity index (χ2v) is 7.03. The smallest absolute Gasteiger partial charge is 0.271 e. The molecule has 1 aromatic carbocycles. The standard InChI is InChI=1S/C21H28N2O4S/c1-6-16-10-11-19(28-16)14(5)22-23-21(24)15-12-17(25-7-2)20(27-9-4)18(13-15)26-8-3/h10-13H,6-9H2,1-5H3,(H,23,24)/b22-14+. The van der Waals surface area contributed by atoms with E-state index < -0.39 is 0 Å². The van der Waals surface area contributed by atoms with Crippen molar-refractivity contribution in [3.63, 3.8) is 0 Å². The summed E-state index contributed by atoms with van der Waals surface area (Å²) in [5, 5.41) is 4.24. The molecule has 1 heterocycles. The van der Waals surface area contributed by atoms with Crippen LogP contribution in [0.4, 0.5) is 0 Å². The third kappa shape index (κ3) is 5.48. The Kier molecular flexibility index (Phi) is 8.32. The minimum atomic E-state index is -0.337. The van der Waals surface area contributed by atoms with Gasteiger partial charge in [0.1, 0.15) is 0 Å². The van der Waals surface area contributed by atoms with Crippen molar-refractivity contribution in [1.29, 1.82) is 0 Å². The Morgan fingerprint density at radius 2 is 1.61 bits per heavy atom. The van der Waals surface area contributed by atoms with Crippen LogP contribution in [-0.4, -0.2) is 31.4 Å². The molecule has 6 nitrogen and oxygen atoms in total. The zero-order chi connectivity index (χ0) is 20.5. The molecule has 0 aliphatic carbocycles. The number of aryl methyl sites for hydroxylation is 1. The Balaban J connectivity index is 2.26. The van der Waals surface area contributed by atoms with Gasteiger partial charge in [-0.2, -0.15) is 5.10 Å². The maximum atomic E-state index is 12.7. The fraction of sp³-hybridized carbons (Fsp3) is 0.429. The topological polar surface area (TPSA) is 69.2 Å². The predicted molar refractivity (Wildman–Crippen MR) is 113 cm³/mol. The van der Waals surface area contributed by atoms with Crippen LogP contribution in [0.1, 0.15) is 54.7 Å². The van der Waals surface area contributed by atoms with Crippen molar-refractivity contribution < 1.29 is 19.0 Å². The highest BCUT2D eigenvalue weighted by Crippen LogP contribution is 2.39. The van der Waals surface area contributed by atoms with Crippen LogP contribution in [0.25, 0.3) is 0 Å². The molecule has 0 unspecified atom stereocenters. The third-order valence-electron chi connectivity index (χ3n) is 3.86. The van der Waals surface area contributed by atoms with Gasteiger partial charge in [0.15, 0.2) is 11.5 Å². The highest BCUT2D eigenvalue weighted by atomic mass is 32.1. The first-order valence-corrected chi connectivity index (χ1v) is 10.4. The van der Waals surface area contributed by atoms with Gasteiger partial charge >= 0.3 is 0 Å². The van der Waals surface area contributed by atoms with Gasteiger partial charge in [0.05, 0.1) is 30.4 Å². The van der Waals surface area contributed by atoms with E-state index in [0.29, 0.717) is 42.6 Å². The lowest BCUT2D eigenvalue weighted by molar-refractivity contribution is 0.0953. The number of hydrogen-bond donors (Lipinski definition) is 1. The van der Waals surface area contributed by atoms with E-state index in [1.165, 1.54) is 4.88 Å². The van der Waals surface area contributed by atoms with Crippen LogP contribution >= 0.6 is 11.3 Å². The Morgan fingerprint density at radius 1 is 1.00 bits per heavy atom. The minimum Gasteiger partial charge on any atom is -0.490 e.